The van der Waals surface area contributed by atoms with Crippen LogP contribution in [-0.2, 0) is 6.54 Å². The van der Waals surface area contributed by atoms with Crippen molar-refractivity contribution in [1.29, 1.82) is 0 Å². The van der Waals surface area contributed by atoms with Gasteiger partial charge in [0.2, 0.25) is 0 Å². The standard InChI is InChI=1S/C32H45ClN2O2S.BrH/c1-3-4-5-6-7-8-9-10-11-12-13-14-21-37-29-19-20-30(31(33)22-29)32(36)34-28-17-15-27(16-18-28)23-35-25-38-24-26(35)2;/h15-20,22,24H,3-14,21,23,25H2,1-2H3,(H,34,36);1H. The van der Waals surface area contributed by atoms with Crippen LogP contribution in [0.4, 0.5) is 5.69 Å². The Bertz CT molecular complexity index is 1020. The van der Waals surface area contributed by atoms with E-state index in [1.165, 1.54) is 81.9 Å². The highest BCUT2D eigenvalue weighted by molar-refractivity contribution is 8.93. The SMILES string of the molecule is Br.CCCCCCCCCCCCCCOc1ccc(C(=O)Nc2ccc(CN3CSC=C3C)cc2)c(Cl)c1. The molecule has 1 amide bonds. The van der Waals surface area contributed by atoms with Crippen molar-refractivity contribution < 1.29 is 9.53 Å². The molecule has 1 aliphatic rings. The Morgan fingerprint density at radius 3 is 2.10 bits per heavy atom. The largest absolute Gasteiger partial charge is 0.494 e. The Hall–Kier alpha value is -1.63. The smallest absolute Gasteiger partial charge is 0.257 e. The van der Waals surface area contributed by atoms with E-state index in [-0.39, 0.29) is 22.9 Å². The maximum atomic E-state index is 12.8. The van der Waals surface area contributed by atoms with E-state index in [0.29, 0.717) is 22.9 Å². The summed E-state index contributed by atoms with van der Waals surface area (Å²) in [6.07, 6.45) is 15.9. The number of amides is 1. The number of halogens is 2. The van der Waals surface area contributed by atoms with Crippen LogP contribution in [0, 0.1) is 0 Å². The molecule has 1 aliphatic heterocycles. The number of thioether (sulfide) groups is 1. The fourth-order valence-electron chi connectivity index (χ4n) is 4.61. The van der Waals surface area contributed by atoms with E-state index < -0.39 is 0 Å². The van der Waals surface area contributed by atoms with E-state index in [1.807, 2.05) is 30.0 Å². The van der Waals surface area contributed by atoms with E-state index in [4.69, 9.17) is 16.3 Å². The number of allylic oxidation sites excluding steroid dienone is 1. The van der Waals surface area contributed by atoms with Crippen molar-refractivity contribution in [2.75, 3.05) is 17.8 Å². The first-order chi connectivity index (χ1) is 18.6. The van der Waals surface area contributed by atoms with Gasteiger partial charge in [-0.2, -0.15) is 0 Å². The summed E-state index contributed by atoms with van der Waals surface area (Å²) in [6, 6.07) is 13.3. The molecular formula is C32H46BrClN2O2S. The van der Waals surface area contributed by atoms with Gasteiger partial charge in [-0.3, -0.25) is 4.79 Å². The van der Waals surface area contributed by atoms with Crippen LogP contribution in [0.2, 0.25) is 5.02 Å². The molecule has 0 aliphatic carbocycles. The molecule has 7 heteroatoms. The van der Waals surface area contributed by atoms with Gasteiger partial charge in [0.05, 0.1) is 23.1 Å². The van der Waals surface area contributed by atoms with Crippen molar-refractivity contribution in [3.05, 3.63) is 69.7 Å². The maximum absolute atomic E-state index is 12.8. The molecule has 39 heavy (non-hydrogen) atoms. The van der Waals surface area contributed by atoms with Crippen LogP contribution >= 0.6 is 40.3 Å². The molecule has 0 saturated heterocycles. The molecule has 0 spiro atoms. The minimum Gasteiger partial charge on any atom is -0.494 e. The van der Waals surface area contributed by atoms with Crippen LogP contribution in [0.5, 0.6) is 5.75 Å². The highest BCUT2D eigenvalue weighted by Crippen LogP contribution is 2.26. The second-order valence-electron chi connectivity index (χ2n) is 10.3. The lowest BCUT2D eigenvalue weighted by Crippen LogP contribution is -2.17. The highest BCUT2D eigenvalue weighted by Gasteiger charge is 2.14. The molecule has 1 N–H and O–H groups in total. The fraction of sp³-hybridized carbons (Fsp3) is 0.531. The zero-order valence-electron chi connectivity index (χ0n) is 23.7. The molecule has 0 bridgehead atoms. The zero-order chi connectivity index (χ0) is 27.0. The average molecular weight is 638 g/mol. The molecular weight excluding hydrogens is 592 g/mol. The van der Waals surface area contributed by atoms with E-state index in [9.17, 15) is 4.79 Å². The van der Waals surface area contributed by atoms with Gasteiger partial charge in [0, 0.05) is 17.9 Å². The van der Waals surface area contributed by atoms with Crippen LogP contribution in [0.15, 0.2) is 53.6 Å². The van der Waals surface area contributed by atoms with Crippen LogP contribution < -0.4 is 10.1 Å². The molecule has 2 aromatic rings. The molecule has 1 heterocycles. The molecule has 0 aromatic heterocycles. The number of nitrogens with one attached hydrogen (secondary N) is 1. The highest BCUT2D eigenvalue weighted by atomic mass is 79.9. The van der Waals surface area contributed by atoms with Gasteiger partial charge in [0.25, 0.3) is 5.91 Å². The summed E-state index contributed by atoms with van der Waals surface area (Å²) in [5.41, 5.74) is 3.71. The Morgan fingerprint density at radius 1 is 0.923 bits per heavy atom. The van der Waals surface area contributed by atoms with Gasteiger partial charge in [-0.1, -0.05) is 101 Å². The number of benzene rings is 2. The predicted octanol–water partition coefficient (Wildman–Crippen LogP) is 10.6. The van der Waals surface area contributed by atoms with Gasteiger partial charge in [-0.05, 0) is 54.6 Å². The second kappa shape index (κ2) is 19.4. The predicted molar refractivity (Wildman–Crippen MR) is 175 cm³/mol. The molecule has 216 valence electrons. The normalized spacial score (nSPS) is 12.7. The number of ether oxygens (including phenoxy) is 1. The molecule has 4 nitrogen and oxygen atoms in total. The molecule has 2 aromatic carbocycles. The van der Waals surface area contributed by atoms with Gasteiger partial charge < -0.3 is 15.0 Å². The first-order valence-electron chi connectivity index (χ1n) is 14.4. The summed E-state index contributed by atoms with van der Waals surface area (Å²) in [4.78, 5) is 15.1. The van der Waals surface area contributed by atoms with Crippen molar-refractivity contribution in [3.63, 3.8) is 0 Å². The lowest BCUT2D eigenvalue weighted by atomic mass is 10.1. The lowest BCUT2D eigenvalue weighted by Gasteiger charge is -2.19. The second-order valence-corrected chi connectivity index (χ2v) is 11.5. The third kappa shape index (κ3) is 12.6. The number of rotatable bonds is 18. The number of hydrogen-bond donors (Lipinski definition) is 1. The van der Waals surface area contributed by atoms with Crippen molar-refractivity contribution >= 4 is 51.9 Å². The van der Waals surface area contributed by atoms with Gasteiger partial charge in [0.1, 0.15) is 5.75 Å². The topological polar surface area (TPSA) is 41.6 Å². The van der Waals surface area contributed by atoms with Crippen LogP contribution in [0.25, 0.3) is 0 Å². The first-order valence-corrected chi connectivity index (χ1v) is 15.9. The summed E-state index contributed by atoms with van der Waals surface area (Å²) in [7, 11) is 0. The van der Waals surface area contributed by atoms with E-state index >= 15 is 0 Å². The molecule has 3 rings (SSSR count). The monoisotopic (exact) mass is 636 g/mol. The molecule has 0 saturated carbocycles. The van der Waals surface area contributed by atoms with Crippen molar-refractivity contribution in [1.82, 2.24) is 4.90 Å². The Balaban J connectivity index is 0.00000533. The number of carbonyl (C=O) groups excluding carboxylic acids is 1. The quantitative estimate of drug-likeness (QED) is 0.165. The van der Waals surface area contributed by atoms with Gasteiger partial charge >= 0.3 is 0 Å². The van der Waals surface area contributed by atoms with Crippen molar-refractivity contribution in [2.45, 2.75) is 97.4 Å². The minimum absolute atomic E-state index is 0. The van der Waals surface area contributed by atoms with Gasteiger partial charge in [0.15, 0.2) is 0 Å². The van der Waals surface area contributed by atoms with E-state index in [0.717, 1.165) is 24.5 Å². The average Bonchev–Trinajstić information content (AvgIpc) is 3.32. The third-order valence-corrected chi connectivity index (χ3v) is 8.30. The summed E-state index contributed by atoms with van der Waals surface area (Å²) in [5, 5.41) is 5.54. The number of unbranched alkanes of at least 4 members (excludes halogenated alkanes) is 11. The summed E-state index contributed by atoms with van der Waals surface area (Å²) in [5.74, 6) is 1.48. The first kappa shape index (κ1) is 33.6. The summed E-state index contributed by atoms with van der Waals surface area (Å²) >= 11 is 8.25. The molecule has 0 atom stereocenters. The minimum atomic E-state index is -0.218. The lowest BCUT2D eigenvalue weighted by molar-refractivity contribution is 0.102. The van der Waals surface area contributed by atoms with E-state index in [1.54, 1.807) is 12.1 Å². The van der Waals surface area contributed by atoms with Crippen molar-refractivity contribution in [3.8, 4) is 5.75 Å². The Kier molecular flexibility index (Phi) is 16.7. The molecule has 0 fully saturated rings. The Morgan fingerprint density at radius 2 is 1.54 bits per heavy atom. The summed E-state index contributed by atoms with van der Waals surface area (Å²) < 4.78 is 5.88. The molecule has 0 radical (unpaired) electrons. The maximum Gasteiger partial charge on any atom is 0.257 e. The number of nitrogens with zero attached hydrogens (tertiary/aromatic N) is 1. The van der Waals surface area contributed by atoms with Gasteiger partial charge in [-0.25, -0.2) is 0 Å². The molecule has 0 unspecified atom stereocenters. The van der Waals surface area contributed by atoms with E-state index in [2.05, 4.69) is 41.6 Å². The van der Waals surface area contributed by atoms with Crippen LogP contribution in [0.1, 0.15) is 107 Å². The van der Waals surface area contributed by atoms with Crippen LogP contribution in [-0.4, -0.2) is 23.3 Å². The summed E-state index contributed by atoms with van der Waals surface area (Å²) in [6.45, 7) is 5.95. The van der Waals surface area contributed by atoms with Crippen LogP contribution in [0.3, 0.4) is 0 Å². The zero-order valence-corrected chi connectivity index (χ0v) is 27.0. The van der Waals surface area contributed by atoms with Crippen molar-refractivity contribution in [2.24, 2.45) is 0 Å². The van der Waals surface area contributed by atoms with Gasteiger partial charge in [-0.15, -0.1) is 28.7 Å². The third-order valence-electron chi connectivity index (χ3n) is 7.02. The number of hydrogen-bond acceptors (Lipinski definition) is 4. The Labute approximate surface area is 256 Å². The number of carbonyl (C=O) groups is 1. The number of anilines is 1. The fourth-order valence-corrected chi connectivity index (χ4v) is 5.81.